The first kappa shape index (κ1) is 12.5. The number of benzene rings is 1. The maximum absolute atomic E-state index is 13.7. The molecule has 1 aromatic carbocycles. The van der Waals surface area contributed by atoms with Gasteiger partial charge in [0, 0.05) is 12.4 Å². The van der Waals surface area contributed by atoms with Gasteiger partial charge in [-0.05, 0) is 24.6 Å². The van der Waals surface area contributed by atoms with Gasteiger partial charge in [0.1, 0.15) is 5.82 Å². The van der Waals surface area contributed by atoms with Crippen molar-refractivity contribution in [1.82, 2.24) is 4.98 Å². The van der Waals surface area contributed by atoms with Gasteiger partial charge in [0.25, 0.3) is 5.91 Å². The van der Waals surface area contributed by atoms with Crippen LogP contribution < -0.4 is 5.32 Å². The molecule has 0 aliphatic carbocycles. The second kappa shape index (κ2) is 5.14. The van der Waals surface area contributed by atoms with E-state index < -0.39 is 11.7 Å². The van der Waals surface area contributed by atoms with E-state index in [9.17, 15) is 9.18 Å². The monoisotopic (exact) mass is 264 g/mol. The van der Waals surface area contributed by atoms with Gasteiger partial charge in [-0.15, -0.1) is 0 Å². The number of anilines is 1. The van der Waals surface area contributed by atoms with Crippen molar-refractivity contribution < 1.29 is 9.18 Å². The van der Waals surface area contributed by atoms with Crippen molar-refractivity contribution in [2.45, 2.75) is 6.92 Å². The fourth-order valence-electron chi connectivity index (χ4n) is 1.48. The molecule has 0 unspecified atom stereocenters. The first-order chi connectivity index (χ1) is 8.59. The van der Waals surface area contributed by atoms with Crippen LogP contribution in [0.2, 0.25) is 5.02 Å². The molecule has 0 saturated carbocycles. The van der Waals surface area contributed by atoms with Crippen LogP contribution in [-0.4, -0.2) is 10.9 Å². The zero-order chi connectivity index (χ0) is 13.1. The van der Waals surface area contributed by atoms with Crippen LogP contribution in [0.1, 0.15) is 15.9 Å². The number of aromatic nitrogens is 1. The van der Waals surface area contributed by atoms with Gasteiger partial charge >= 0.3 is 0 Å². The first-order valence-corrected chi connectivity index (χ1v) is 5.63. The predicted octanol–water partition coefficient (Wildman–Crippen LogP) is 3.43. The van der Waals surface area contributed by atoms with Gasteiger partial charge < -0.3 is 5.32 Å². The van der Waals surface area contributed by atoms with Crippen LogP contribution >= 0.6 is 11.6 Å². The van der Waals surface area contributed by atoms with Crippen molar-refractivity contribution in [2.75, 3.05) is 5.32 Å². The van der Waals surface area contributed by atoms with E-state index in [1.54, 1.807) is 19.1 Å². The number of halogens is 2. The molecule has 0 saturated heterocycles. The Morgan fingerprint density at radius 1 is 1.39 bits per heavy atom. The molecule has 2 rings (SSSR count). The molecule has 0 spiro atoms. The van der Waals surface area contributed by atoms with Crippen LogP contribution in [0, 0.1) is 12.7 Å². The van der Waals surface area contributed by atoms with Crippen LogP contribution in [0.5, 0.6) is 0 Å². The molecule has 18 heavy (non-hydrogen) atoms. The smallest absolute Gasteiger partial charge is 0.258 e. The third kappa shape index (κ3) is 2.49. The summed E-state index contributed by atoms with van der Waals surface area (Å²) >= 11 is 5.86. The Labute approximate surface area is 109 Å². The summed E-state index contributed by atoms with van der Waals surface area (Å²) in [5.74, 6) is -0.941. The molecule has 2 aromatic rings. The molecule has 1 heterocycles. The molecule has 0 bridgehead atoms. The summed E-state index contributed by atoms with van der Waals surface area (Å²) in [5.41, 5.74) is 0.796. The highest BCUT2D eigenvalue weighted by Crippen LogP contribution is 2.20. The Morgan fingerprint density at radius 2 is 2.17 bits per heavy atom. The number of nitrogens with zero attached hydrogens (tertiary/aromatic N) is 1. The molecule has 92 valence electrons. The van der Waals surface area contributed by atoms with Gasteiger partial charge in [0.05, 0.1) is 16.3 Å². The Hall–Kier alpha value is -1.94. The summed E-state index contributed by atoms with van der Waals surface area (Å²) in [6.07, 6.45) is 2.82. The van der Waals surface area contributed by atoms with Gasteiger partial charge in [0.15, 0.2) is 0 Å². The van der Waals surface area contributed by atoms with E-state index in [0.717, 1.165) is 0 Å². The molecule has 3 nitrogen and oxygen atoms in total. The van der Waals surface area contributed by atoms with E-state index in [2.05, 4.69) is 10.3 Å². The van der Waals surface area contributed by atoms with E-state index in [1.807, 2.05) is 0 Å². The Morgan fingerprint density at radius 3 is 2.89 bits per heavy atom. The summed E-state index contributed by atoms with van der Waals surface area (Å²) in [5, 5.41) is 2.74. The van der Waals surface area contributed by atoms with E-state index in [4.69, 9.17) is 11.6 Å². The summed E-state index contributed by atoms with van der Waals surface area (Å²) in [4.78, 5) is 15.7. The lowest BCUT2D eigenvalue weighted by molar-refractivity contribution is 0.102. The quantitative estimate of drug-likeness (QED) is 0.903. The van der Waals surface area contributed by atoms with E-state index in [1.165, 1.54) is 24.5 Å². The first-order valence-electron chi connectivity index (χ1n) is 5.25. The van der Waals surface area contributed by atoms with Crippen LogP contribution in [0.15, 0.2) is 36.7 Å². The SMILES string of the molecule is Cc1cccc(NC(=O)c2cnccc2Cl)c1F. The highest BCUT2D eigenvalue weighted by Gasteiger charge is 2.13. The molecule has 0 radical (unpaired) electrons. The third-order valence-electron chi connectivity index (χ3n) is 2.45. The molecule has 0 atom stereocenters. The molecule has 0 fully saturated rings. The van der Waals surface area contributed by atoms with Crippen LogP contribution in [0.3, 0.4) is 0 Å². The molecule has 0 aliphatic rings. The van der Waals surface area contributed by atoms with Crippen LogP contribution in [0.25, 0.3) is 0 Å². The van der Waals surface area contributed by atoms with Crippen LogP contribution in [0.4, 0.5) is 10.1 Å². The van der Waals surface area contributed by atoms with Crippen molar-refractivity contribution in [3.05, 3.63) is 58.6 Å². The molecular formula is C13H10ClFN2O. The lowest BCUT2D eigenvalue weighted by Gasteiger charge is -2.08. The fraction of sp³-hybridized carbons (Fsp3) is 0.0769. The zero-order valence-electron chi connectivity index (χ0n) is 9.58. The molecule has 0 aliphatic heterocycles. The van der Waals surface area contributed by atoms with Crippen molar-refractivity contribution >= 4 is 23.2 Å². The standard InChI is InChI=1S/C13H10ClFN2O/c1-8-3-2-4-11(12(8)15)17-13(18)9-7-16-6-5-10(9)14/h2-7H,1H3,(H,17,18). The number of nitrogens with one attached hydrogen (secondary N) is 1. The van der Waals surface area contributed by atoms with Crippen molar-refractivity contribution in [3.8, 4) is 0 Å². The maximum Gasteiger partial charge on any atom is 0.258 e. The lowest BCUT2D eigenvalue weighted by atomic mass is 10.2. The van der Waals surface area contributed by atoms with Gasteiger partial charge in [0.2, 0.25) is 0 Å². The predicted molar refractivity (Wildman–Crippen MR) is 68.3 cm³/mol. The van der Waals surface area contributed by atoms with E-state index >= 15 is 0 Å². The number of hydrogen-bond acceptors (Lipinski definition) is 2. The molecule has 1 N–H and O–H groups in total. The number of carbonyl (C=O) groups excluding carboxylic acids is 1. The summed E-state index contributed by atoms with van der Waals surface area (Å²) in [7, 11) is 0. The third-order valence-corrected chi connectivity index (χ3v) is 2.78. The minimum Gasteiger partial charge on any atom is -0.319 e. The number of aryl methyl sites for hydroxylation is 1. The number of pyridine rings is 1. The van der Waals surface area contributed by atoms with Crippen molar-refractivity contribution in [2.24, 2.45) is 0 Å². The summed E-state index contributed by atoms with van der Waals surface area (Å²) in [6, 6.07) is 6.29. The number of hydrogen-bond donors (Lipinski definition) is 1. The summed E-state index contributed by atoms with van der Waals surface area (Å²) in [6.45, 7) is 1.63. The van der Waals surface area contributed by atoms with E-state index in [0.29, 0.717) is 5.56 Å². The van der Waals surface area contributed by atoms with Crippen molar-refractivity contribution in [3.63, 3.8) is 0 Å². The largest absolute Gasteiger partial charge is 0.319 e. The molecule has 5 heteroatoms. The maximum atomic E-state index is 13.7. The van der Waals surface area contributed by atoms with Gasteiger partial charge in [-0.3, -0.25) is 9.78 Å². The topological polar surface area (TPSA) is 42.0 Å². The van der Waals surface area contributed by atoms with E-state index in [-0.39, 0.29) is 16.3 Å². The number of amides is 1. The number of rotatable bonds is 2. The highest BCUT2D eigenvalue weighted by atomic mass is 35.5. The second-order valence-corrected chi connectivity index (χ2v) is 4.15. The average Bonchev–Trinajstić information content (AvgIpc) is 2.35. The Kier molecular flexibility index (Phi) is 3.58. The fourth-order valence-corrected chi connectivity index (χ4v) is 1.67. The second-order valence-electron chi connectivity index (χ2n) is 3.75. The minimum atomic E-state index is -0.488. The Bertz CT molecular complexity index is 601. The van der Waals surface area contributed by atoms with Gasteiger partial charge in [-0.1, -0.05) is 23.7 Å². The zero-order valence-corrected chi connectivity index (χ0v) is 10.3. The van der Waals surface area contributed by atoms with Crippen molar-refractivity contribution in [1.29, 1.82) is 0 Å². The minimum absolute atomic E-state index is 0.125. The summed E-state index contributed by atoms with van der Waals surface area (Å²) < 4.78 is 13.7. The Balaban J connectivity index is 2.27. The van der Waals surface area contributed by atoms with Gasteiger partial charge in [-0.2, -0.15) is 0 Å². The molecular weight excluding hydrogens is 255 g/mol. The highest BCUT2D eigenvalue weighted by molar-refractivity contribution is 6.34. The lowest BCUT2D eigenvalue weighted by Crippen LogP contribution is -2.14. The number of carbonyl (C=O) groups is 1. The molecule has 1 aromatic heterocycles. The van der Waals surface area contributed by atoms with Gasteiger partial charge in [-0.25, -0.2) is 4.39 Å². The average molecular weight is 265 g/mol. The van der Waals surface area contributed by atoms with Crippen LogP contribution in [-0.2, 0) is 0 Å². The normalized spacial score (nSPS) is 10.2. The molecule has 1 amide bonds.